The summed E-state index contributed by atoms with van der Waals surface area (Å²) in [4.78, 5) is 12.0. The van der Waals surface area contributed by atoms with Crippen LogP contribution < -0.4 is 10.1 Å². The summed E-state index contributed by atoms with van der Waals surface area (Å²) >= 11 is 0. The summed E-state index contributed by atoms with van der Waals surface area (Å²) in [6.07, 6.45) is 3.68. The molecule has 2 saturated carbocycles. The molecule has 1 aromatic rings. The lowest BCUT2D eigenvalue weighted by Crippen LogP contribution is -2.58. The normalized spacial score (nSPS) is 36.5. The van der Waals surface area contributed by atoms with E-state index in [0.29, 0.717) is 11.8 Å². The third-order valence-corrected chi connectivity index (χ3v) is 7.41. The van der Waals surface area contributed by atoms with Crippen LogP contribution in [0.3, 0.4) is 0 Å². The van der Waals surface area contributed by atoms with Gasteiger partial charge in [-0.25, -0.2) is 0 Å². The average Bonchev–Trinajstić information content (AvgIpc) is 3.07. The number of nitrogens with one attached hydrogen (secondary N) is 1. The number of hydrogen-bond acceptors (Lipinski definition) is 3. The second-order valence-electron chi connectivity index (χ2n) is 9.71. The highest BCUT2D eigenvalue weighted by Crippen LogP contribution is 2.70. The Labute approximate surface area is 163 Å². The first-order chi connectivity index (χ1) is 12.7. The smallest absolute Gasteiger partial charge is 0.217 e. The first kappa shape index (κ1) is 18.8. The number of amides is 1. The van der Waals surface area contributed by atoms with Crippen LogP contribution in [-0.4, -0.2) is 24.7 Å². The Morgan fingerprint density at radius 2 is 2.11 bits per heavy atom. The highest BCUT2D eigenvalue weighted by molar-refractivity contribution is 5.73. The van der Waals surface area contributed by atoms with Gasteiger partial charge in [0, 0.05) is 19.6 Å². The van der Waals surface area contributed by atoms with Crippen molar-refractivity contribution >= 4 is 5.91 Å². The molecule has 5 atom stereocenters. The number of benzene rings is 1. The molecule has 1 aromatic carbocycles. The lowest BCUT2D eigenvalue weighted by atomic mass is 9.59. The van der Waals surface area contributed by atoms with E-state index in [1.807, 2.05) is 6.07 Å². The molecule has 0 aromatic heterocycles. The summed E-state index contributed by atoms with van der Waals surface area (Å²) in [6, 6.07) is 8.63. The third kappa shape index (κ3) is 2.97. The van der Waals surface area contributed by atoms with Gasteiger partial charge in [0.2, 0.25) is 5.91 Å². The minimum absolute atomic E-state index is 0.0872. The predicted octanol–water partition coefficient (Wildman–Crippen LogP) is 4.49. The minimum Gasteiger partial charge on any atom is -0.491 e. The summed E-state index contributed by atoms with van der Waals surface area (Å²) in [6.45, 7) is 11.2. The van der Waals surface area contributed by atoms with E-state index < -0.39 is 0 Å². The molecule has 1 amide bonds. The zero-order valence-electron chi connectivity index (χ0n) is 17.2. The Morgan fingerprint density at radius 1 is 1.33 bits per heavy atom. The monoisotopic (exact) mass is 371 g/mol. The van der Waals surface area contributed by atoms with Crippen molar-refractivity contribution in [3.8, 4) is 5.75 Å². The van der Waals surface area contributed by atoms with Crippen LogP contribution in [0.25, 0.3) is 0 Å². The fraction of sp³-hybridized carbons (Fsp3) is 0.696. The molecule has 4 rings (SSSR count). The van der Waals surface area contributed by atoms with E-state index in [1.165, 1.54) is 18.4 Å². The maximum Gasteiger partial charge on any atom is 0.217 e. The maximum absolute atomic E-state index is 12.0. The van der Waals surface area contributed by atoms with Gasteiger partial charge in [-0.3, -0.25) is 4.79 Å². The van der Waals surface area contributed by atoms with Crippen LogP contribution in [0.15, 0.2) is 24.3 Å². The molecule has 3 fully saturated rings. The van der Waals surface area contributed by atoms with E-state index in [4.69, 9.17) is 9.47 Å². The molecule has 1 aliphatic heterocycles. The molecule has 4 heteroatoms. The van der Waals surface area contributed by atoms with Crippen molar-refractivity contribution in [1.82, 2.24) is 5.32 Å². The van der Waals surface area contributed by atoms with Crippen molar-refractivity contribution in [2.75, 3.05) is 6.61 Å². The molecule has 4 nitrogen and oxygen atoms in total. The highest BCUT2D eigenvalue weighted by atomic mass is 16.5. The fourth-order valence-corrected chi connectivity index (χ4v) is 6.36. The van der Waals surface area contributed by atoms with Crippen LogP contribution in [0.5, 0.6) is 5.75 Å². The Kier molecular flexibility index (Phi) is 4.53. The summed E-state index contributed by atoms with van der Waals surface area (Å²) in [7, 11) is 0. The van der Waals surface area contributed by atoms with Crippen molar-refractivity contribution < 1.29 is 14.3 Å². The number of rotatable bonds is 4. The molecule has 2 bridgehead atoms. The van der Waals surface area contributed by atoms with Crippen molar-refractivity contribution in [2.24, 2.45) is 22.7 Å². The number of carbonyl (C=O) groups is 1. The standard InChI is InChI=1S/C23H33NO3/c1-14(2)27-18-8-6-7-16(11-18)20-19-12-17-13-23(19,9-10-26-20)21(22(17,4)5)24-15(3)25/h6-8,11,14,17,19-21H,9-10,12-13H2,1-5H3,(H,24,25)/t17-,19-,20-,21+,23-/m1/s1. The second kappa shape index (κ2) is 6.51. The molecule has 1 N–H and O–H groups in total. The summed E-state index contributed by atoms with van der Waals surface area (Å²) < 4.78 is 12.3. The molecule has 0 radical (unpaired) electrons. The number of hydrogen-bond donors (Lipinski definition) is 1. The number of carbonyl (C=O) groups excluding carboxylic acids is 1. The van der Waals surface area contributed by atoms with E-state index in [-0.39, 0.29) is 35.0 Å². The number of ether oxygens (including phenoxy) is 2. The Balaban J connectivity index is 1.66. The van der Waals surface area contributed by atoms with E-state index in [0.717, 1.165) is 18.8 Å². The minimum atomic E-state index is 0.0872. The molecular weight excluding hydrogens is 338 g/mol. The Bertz CT molecular complexity index is 728. The zero-order valence-corrected chi connectivity index (χ0v) is 17.2. The number of fused-ring (bicyclic) bond motifs is 1. The van der Waals surface area contributed by atoms with Crippen LogP contribution in [-0.2, 0) is 9.53 Å². The zero-order chi connectivity index (χ0) is 19.4. The quantitative estimate of drug-likeness (QED) is 0.848. The Morgan fingerprint density at radius 3 is 2.81 bits per heavy atom. The third-order valence-electron chi connectivity index (χ3n) is 7.41. The lowest BCUT2D eigenvalue weighted by Gasteiger charge is -2.53. The van der Waals surface area contributed by atoms with Gasteiger partial charge in [0.1, 0.15) is 5.75 Å². The summed E-state index contributed by atoms with van der Waals surface area (Å²) in [5.41, 5.74) is 1.51. The van der Waals surface area contributed by atoms with E-state index in [2.05, 4.69) is 51.2 Å². The lowest BCUT2D eigenvalue weighted by molar-refractivity contribution is -0.136. The first-order valence-corrected chi connectivity index (χ1v) is 10.4. The van der Waals surface area contributed by atoms with Gasteiger partial charge >= 0.3 is 0 Å². The Hall–Kier alpha value is -1.55. The summed E-state index contributed by atoms with van der Waals surface area (Å²) in [5, 5.41) is 3.34. The van der Waals surface area contributed by atoms with Gasteiger partial charge in [-0.05, 0) is 73.5 Å². The van der Waals surface area contributed by atoms with Gasteiger partial charge in [0.05, 0.1) is 12.2 Å². The highest BCUT2D eigenvalue weighted by Gasteiger charge is 2.68. The van der Waals surface area contributed by atoms with Gasteiger partial charge in [-0.1, -0.05) is 26.0 Å². The van der Waals surface area contributed by atoms with E-state index in [9.17, 15) is 4.79 Å². The molecule has 0 unspecified atom stereocenters. The fourth-order valence-electron chi connectivity index (χ4n) is 6.36. The van der Waals surface area contributed by atoms with Gasteiger partial charge in [0.15, 0.2) is 0 Å². The van der Waals surface area contributed by atoms with E-state index >= 15 is 0 Å². The van der Waals surface area contributed by atoms with Gasteiger partial charge in [-0.2, -0.15) is 0 Å². The second-order valence-corrected chi connectivity index (χ2v) is 9.71. The first-order valence-electron chi connectivity index (χ1n) is 10.4. The molecule has 148 valence electrons. The van der Waals surface area contributed by atoms with Gasteiger partial charge in [0.25, 0.3) is 0 Å². The van der Waals surface area contributed by atoms with Crippen LogP contribution in [0.4, 0.5) is 0 Å². The SMILES string of the molecule is CC(=O)N[C@H]1C(C)(C)[C@@H]2C[C@@H]3[C@@H](c4cccc(OC(C)C)c4)OCC[C@@]31C2. The molecule has 1 heterocycles. The van der Waals surface area contributed by atoms with Crippen molar-refractivity contribution in [3.63, 3.8) is 0 Å². The molecule has 1 spiro atoms. The maximum atomic E-state index is 12.0. The van der Waals surface area contributed by atoms with E-state index in [1.54, 1.807) is 6.92 Å². The van der Waals surface area contributed by atoms with Crippen molar-refractivity contribution in [2.45, 2.75) is 72.1 Å². The molecule has 3 aliphatic rings. The molecule has 1 saturated heterocycles. The van der Waals surface area contributed by atoms with Gasteiger partial charge in [-0.15, -0.1) is 0 Å². The largest absolute Gasteiger partial charge is 0.491 e. The predicted molar refractivity (Wildman–Crippen MR) is 106 cm³/mol. The van der Waals surface area contributed by atoms with Crippen LogP contribution in [0, 0.1) is 22.7 Å². The van der Waals surface area contributed by atoms with Crippen LogP contribution in [0.1, 0.15) is 65.5 Å². The van der Waals surface area contributed by atoms with Crippen molar-refractivity contribution in [3.05, 3.63) is 29.8 Å². The van der Waals surface area contributed by atoms with Crippen LogP contribution >= 0.6 is 0 Å². The molecule has 27 heavy (non-hydrogen) atoms. The average molecular weight is 372 g/mol. The molecule has 2 aliphatic carbocycles. The topological polar surface area (TPSA) is 47.6 Å². The van der Waals surface area contributed by atoms with Crippen LogP contribution in [0.2, 0.25) is 0 Å². The summed E-state index contributed by atoms with van der Waals surface area (Å²) in [5.74, 6) is 2.09. The van der Waals surface area contributed by atoms with Crippen molar-refractivity contribution in [1.29, 1.82) is 0 Å². The molecular formula is C23H33NO3. The van der Waals surface area contributed by atoms with Gasteiger partial charge < -0.3 is 14.8 Å².